The molecular formula is C24H50O8S. The average Bonchev–Trinajstić information content (AvgIpc) is 2.74. The highest BCUT2D eigenvalue weighted by Crippen LogP contribution is 2.18. The highest BCUT2D eigenvalue weighted by atomic mass is 32.3. The maximum absolute atomic E-state index is 10.7. The highest BCUT2D eigenvalue weighted by Gasteiger charge is 2.15. The molecule has 0 rings (SSSR count). The summed E-state index contributed by atoms with van der Waals surface area (Å²) < 4.78 is 57.4. The predicted octanol–water partition coefficient (Wildman–Crippen LogP) is 5.20. The average molecular weight is 499 g/mol. The Kier molecular flexibility index (Phi) is 19.8. The molecule has 5 unspecified atom stereocenters. The largest absolute Gasteiger partial charge is 0.397 e. The molecule has 0 aliphatic carbocycles. The smallest absolute Gasteiger partial charge is 0.378 e. The van der Waals surface area contributed by atoms with Crippen molar-refractivity contribution < 1.29 is 36.1 Å². The van der Waals surface area contributed by atoms with E-state index < -0.39 is 16.5 Å². The minimum atomic E-state index is -4.47. The fourth-order valence-corrected chi connectivity index (χ4v) is 3.81. The molecule has 0 fully saturated rings. The van der Waals surface area contributed by atoms with Gasteiger partial charge in [0.1, 0.15) is 0 Å². The first kappa shape index (κ1) is 32.7. The molecule has 0 spiro atoms. The molecule has 0 aromatic rings. The van der Waals surface area contributed by atoms with E-state index in [-0.39, 0.29) is 24.9 Å². The Labute approximate surface area is 203 Å². The Morgan fingerprint density at radius 1 is 0.636 bits per heavy atom. The van der Waals surface area contributed by atoms with Crippen LogP contribution in [-0.4, -0.2) is 70.4 Å². The van der Waals surface area contributed by atoms with Crippen molar-refractivity contribution >= 4 is 10.4 Å². The number of ether oxygens (including phenoxy) is 4. The second-order valence-electron chi connectivity index (χ2n) is 9.16. The molecule has 0 bridgehead atoms. The fourth-order valence-electron chi connectivity index (χ4n) is 3.34. The SMILES string of the molecule is CCCCCCC(CCCC)COCC(C)OCC(C)OCC(C)OCC(C)OS(=O)(=O)O. The maximum atomic E-state index is 10.7. The topological polar surface area (TPSA) is 101 Å². The number of hydrogen-bond donors (Lipinski definition) is 1. The molecule has 0 radical (unpaired) electrons. The minimum absolute atomic E-state index is 0.00457. The number of rotatable bonds is 23. The van der Waals surface area contributed by atoms with Gasteiger partial charge in [0.15, 0.2) is 0 Å². The molecule has 0 aromatic carbocycles. The molecule has 0 aliphatic rings. The Bertz CT molecular complexity index is 543. The lowest BCUT2D eigenvalue weighted by Crippen LogP contribution is -2.29. The molecule has 1 N–H and O–H groups in total. The van der Waals surface area contributed by atoms with Crippen LogP contribution < -0.4 is 0 Å². The van der Waals surface area contributed by atoms with E-state index in [2.05, 4.69) is 18.0 Å². The summed E-state index contributed by atoms with van der Waals surface area (Å²) in [6, 6.07) is 0. The second-order valence-corrected chi connectivity index (χ2v) is 10.2. The zero-order valence-electron chi connectivity index (χ0n) is 21.8. The van der Waals surface area contributed by atoms with Crippen LogP contribution in [0.25, 0.3) is 0 Å². The Morgan fingerprint density at radius 3 is 1.64 bits per heavy atom. The van der Waals surface area contributed by atoms with Gasteiger partial charge in [-0.1, -0.05) is 52.4 Å². The molecule has 0 saturated carbocycles. The quantitative estimate of drug-likeness (QED) is 0.151. The number of hydrogen-bond acceptors (Lipinski definition) is 7. The van der Waals surface area contributed by atoms with Crippen molar-refractivity contribution in [3.63, 3.8) is 0 Å². The van der Waals surface area contributed by atoms with Crippen molar-refractivity contribution in [3.8, 4) is 0 Å². The van der Waals surface area contributed by atoms with E-state index in [4.69, 9.17) is 23.5 Å². The van der Waals surface area contributed by atoms with Crippen LogP contribution in [0.15, 0.2) is 0 Å². The van der Waals surface area contributed by atoms with Crippen LogP contribution in [0.4, 0.5) is 0 Å². The van der Waals surface area contributed by atoms with Gasteiger partial charge in [0.05, 0.1) is 50.8 Å². The molecule has 0 amide bonds. The van der Waals surface area contributed by atoms with Crippen molar-refractivity contribution in [3.05, 3.63) is 0 Å². The zero-order valence-corrected chi connectivity index (χ0v) is 22.6. The van der Waals surface area contributed by atoms with Crippen LogP contribution in [0.3, 0.4) is 0 Å². The molecular weight excluding hydrogens is 448 g/mol. The summed E-state index contributed by atoms with van der Waals surface area (Å²) in [5.41, 5.74) is 0. The van der Waals surface area contributed by atoms with E-state index in [1.165, 1.54) is 58.3 Å². The lowest BCUT2D eigenvalue weighted by Gasteiger charge is -2.22. The first-order chi connectivity index (χ1) is 15.6. The van der Waals surface area contributed by atoms with Gasteiger partial charge in [-0.25, -0.2) is 4.18 Å². The van der Waals surface area contributed by atoms with Crippen molar-refractivity contribution in [2.45, 2.75) is 117 Å². The first-order valence-corrected chi connectivity index (χ1v) is 14.0. The molecule has 0 saturated heterocycles. The molecule has 5 atom stereocenters. The van der Waals surface area contributed by atoms with Crippen molar-refractivity contribution in [1.82, 2.24) is 0 Å². The van der Waals surface area contributed by atoms with Crippen LogP contribution >= 0.6 is 0 Å². The van der Waals surface area contributed by atoms with E-state index in [0.29, 0.717) is 25.7 Å². The summed E-state index contributed by atoms with van der Waals surface area (Å²) in [6.45, 7) is 13.9. The molecule has 0 aliphatic heterocycles. The third-order valence-electron chi connectivity index (χ3n) is 5.27. The Balaban J connectivity index is 3.97. The summed E-state index contributed by atoms with van der Waals surface area (Å²) in [4.78, 5) is 0. The van der Waals surface area contributed by atoms with Gasteiger partial charge in [-0.15, -0.1) is 0 Å². The summed E-state index contributed by atoms with van der Waals surface area (Å²) >= 11 is 0. The minimum Gasteiger partial charge on any atom is -0.378 e. The van der Waals surface area contributed by atoms with Gasteiger partial charge >= 0.3 is 10.4 Å². The molecule has 200 valence electrons. The summed E-state index contributed by atoms with van der Waals surface area (Å²) in [7, 11) is -4.47. The third kappa shape index (κ3) is 21.9. The van der Waals surface area contributed by atoms with Gasteiger partial charge in [0.25, 0.3) is 0 Å². The highest BCUT2D eigenvalue weighted by molar-refractivity contribution is 7.80. The molecule has 8 nitrogen and oxygen atoms in total. The van der Waals surface area contributed by atoms with Crippen molar-refractivity contribution in [2.24, 2.45) is 5.92 Å². The normalized spacial score (nSPS) is 16.9. The van der Waals surface area contributed by atoms with Gasteiger partial charge in [-0.3, -0.25) is 4.55 Å². The van der Waals surface area contributed by atoms with Crippen LogP contribution in [0.2, 0.25) is 0 Å². The Hall–Kier alpha value is -0.290. The third-order valence-corrected chi connectivity index (χ3v) is 5.84. The molecule has 33 heavy (non-hydrogen) atoms. The van der Waals surface area contributed by atoms with Crippen LogP contribution in [0.1, 0.15) is 92.9 Å². The van der Waals surface area contributed by atoms with Gasteiger partial charge in [-0.2, -0.15) is 8.42 Å². The summed E-state index contributed by atoms with van der Waals surface area (Å²) in [5, 5.41) is 0. The number of unbranched alkanes of at least 4 members (excludes halogenated alkanes) is 4. The first-order valence-electron chi connectivity index (χ1n) is 12.7. The second kappa shape index (κ2) is 20.0. The summed E-state index contributed by atoms with van der Waals surface area (Å²) in [6.07, 6.45) is 9.03. The standard InChI is InChI=1S/C24H50O8S/c1-7-9-11-12-14-24(13-10-8-2)19-28-15-20(3)29-16-21(4)30-17-22(5)31-18-23(6)32-33(25,26)27/h20-24H,7-19H2,1-6H3,(H,25,26,27). The van der Waals surface area contributed by atoms with Crippen molar-refractivity contribution in [1.29, 1.82) is 0 Å². The van der Waals surface area contributed by atoms with Crippen LogP contribution in [-0.2, 0) is 33.5 Å². The lowest BCUT2D eigenvalue weighted by molar-refractivity contribution is -0.0869. The van der Waals surface area contributed by atoms with Crippen LogP contribution in [0.5, 0.6) is 0 Å². The van der Waals surface area contributed by atoms with Gasteiger partial charge < -0.3 is 18.9 Å². The van der Waals surface area contributed by atoms with E-state index in [0.717, 1.165) is 6.61 Å². The molecule has 9 heteroatoms. The molecule has 0 aromatic heterocycles. The fraction of sp³-hybridized carbons (Fsp3) is 1.00. The summed E-state index contributed by atoms with van der Waals surface area (Å²) in [5.74, 6) is 0.642. The predicted molar refractivity (Wildman–Crippen MR) is 131 cm³/mol. The van der Waals surface area contributed by atoms with E-state index >= 15 is 0 Å². The van der Waals surface area contributed by atoms with Gasteiger partial charge in [0.2, 0.25) is 0 Å². The van der Waals surface area contributed by atoms with Gasteiger partial charge in [0, 0.05) is 6.61 Å². The lowest BCUT2D eigenvalue weighted by atomic mass is 9.96. The van der Waals surface area contributed by atoms with Crippen LogP contribution in [0, 0.1) is 5.92 Å². The maximum Gasteiger partial charge on any atom is 0.397 e. The van der Waals surface area contributed by atoms with Crippen molar-refractivity contribution in [2.75, 3.05) is 33.0 Å². The van der Waals surface area contributed by atoms with E-state index in [1.54, 1.807) is 0 Å². The zero-order chi connectivity index (χ0) is 25.1. The molecule has 0 heterocycles. The van der Waals surface area contributed by atoms with E-state index in [1.807, 2.05) is 20.8 Å². The Morgan fingerprint density at radius 2 is 1.12 bits per heavy atom. The van der Waals surface area contributed by atoms with E-state index in [9.17, 15) is 8.42 Å². The van der Waals surface area contributed by atoms with Gasteiger partial charge in [-0.05, 0) is 46.5 Å². The monoisotopic (exact) mass is 498 g/mol.